The summed E-state index contributed by atoms with van der Waals surface area (Å²) in [5, 5.41) is 3.59. The van der Waals surface area contributed by atoms with Crippen LogP contribution in [0.25, 0.3) is 0 Å². The molecular formula is C24H31ClN2O2S. The third-order valence-corrected chi connectivity index (χ3v) is 6.22. The van der Waals surface area contributed by atoms with Gasteiger partial charge in [0.1, 0.15) is 6.04 Å². The summed E-state index contributed by atoms with van der Waals surface area (Å²) in [4.78, 5) is 28.8. The lowest BCUT2D eigenvalue weighted by molar-refractivity contribution is -0.141. The van der Waals surface area contributed by atoms with Crippen LogP contribution in [0.2, 0.25) is 5.02 Å². The maximum absolute atomic E-state index is 13.2. The molecule has 4 nitrogen and oxygen atoms in total. The van der Waals surface area contributed by atoms with Crippen LogP contribution in [0, 0.1) is 0 Å². The first kappa shape index (κ1) is 24.3. The maximum Gasteiger partial charge on any atom is 0.242 e. The van der Waals surface area contributed by atoms with Crippen LogP contribution in [0.15, 0.2) is 59.5 Å². The molecule has 0 aliphatic rings. The summed E-state index contributed by atoms with van der Waals surface area (Å²) in [6.07, 6.45) is 2.85. The summed E-state index contributed by atoms with van der Waals surface area (Å²) >= 11 is 7.99. The molecule has 0 aliphatic heterocycles. The highest BCUT2D eigenvalue weighted by Crippen LogP contribution is 2.22. The molecule has 2 aromatic rings. The van der Waals surface area contributed by atoms with Gasteiger partial charge in [-0.1, -0.05) is 68.3 Å². The van der Waals surface area contributed by atoms with Crippen molar-refractivity contribution in [3.8, 4) is 0 Å². The van der Waals surface area contributed by atoms with Crippen molar-refractivity contribution < 1.29 is 9.59 Å². The van der Waals surface area contributed by atoms with Crippen LogP contribution in [-0.2, 0) is 16.1 Å². The third kappa shape index (κ3) is 7.69. The molecule has 0 saturated carbocycles. The Morgan fingerprint density at radius 3 is 2.43 bits per heavy atom. The molecule has 1 atom stereocenters. The zero-order valence-electron chi connectivity index (χ0n) is 17.8. The molecule has 0 aromatic heterocycles. The summed E-state index contributed by atoms with van der Waals surface area (Å²) in [5.74, 6) is 0.536. The molecule has 0 aliphatic carbocycles. The van der Waals surface area contributed by atoms with Crippen molar-refractivity contribution in [1.82, 2.24) is 10.2 Å². The fourth-order valence-corrected chi connectivity index (χ4v) is 4.21. The molecule has 2 rings (SSSR count). The van der Waals surface area contributed by atoms with E-state index in [2.05, 4.69) is 12.2 Å². The second kappa shape index (κ2) is 13.3. The van der Waals surface area contributed by atoms with Gasteiger partial charge >= 0.3 is 0 Å². The largest absolute Gasteiger partial charge is 0.354 e. The Morgan fingerprint density at radius 2 is 1.77 bits per heavy atom. The molecule has 2 amide bonds. The highest BCUT2D eigenvalue weighted by molar-refractivity contribution is 7.99. The predicted octanol–water partition coefficient (Wildman–Crippen LogP) is 5.55. The number of halogens is 1. The first-order valence-electron chi connectivity index (χ1n) is 10.5. The minimum absolute atomic E-state index is 0.0316. The molecular weight excluding hydrogens is 416 g/mol. The van der Waals surface area contributed by atoms with Gasteiger partial charge in [0.25, 0.3) is 0 Å². The Morgan fingerprint density at radius 1 is 1.07 bits per heavy atom. The lowest BCUT2D eigenvalue weighted by Gasteiger charge is -2.31. The number of benzene rings is 2. The zero-order valence-corrected chi connectivity index (χ0v) is 19.3. The van der Waals surface area contributed by atoms with E-state index in [1.165, 1.54) is 0 Å². The molecule has 30 heavy (non-hydrogen) atoms. The Labute approximate surface area is 189 Å². The fraction of sp³-hybridized carbons (Fsp3) is 0.417. The number of thioether (sulfide) groups is 1. The number of unbranched alkanes of at least 4 members (excludes halogenated alkanes) is 1. The van der Waals surface area contributed by atoms with E-state index in [0.29, 0.717) is 36.7 Å². The van der Waals surface area contributed by atoms with Gasteiger partial charge in [-0.15, -0.1) is 11.8 Å². The topological polar surface area (TPSA) is 49.4 Å². The van der Waals surface area contributed by atoms with Gasteiger partial charge in [-0.25, -0.2) is 0 Å². The number of carbonyl (C=O) groups is 2. The van der Waals surface area contributed by atoms with E-state index in [9.17, 15) is 9.59 Å². The fourth-order valence-electron chi connectivity index (χ4n) is 3.15. The summed E-state index contributed by atoms with van der Waals surface area (Å²) < 4.78 is 0. The highest BCUT2D eigenvalue weighted by atomic mass is 35.5. The van der Waals surface area contributed by atoms with Crippen molar-refractivity contribution >= 4 is 35.2 Å². The second-order valence-electron chi connectivity index (χ2n) is 7.09. The molecule has 162 valence electrons. The van der Waals surface area contributed by atoms with Crippen LogP contribution in [0.4, 0.5) is 0 Å². The summed E-state index contributed by atoms with van der Waals surface area (Å²) in [6, 6.07) is 17.0. The lowest BCUT2D eigenvalue weighted by atomic mass is 10.1. The number of hydrogen-bond donors (Lipinski definition) is 1. The van der Waals surface area contributed by atoms with Gasteiger partial charge in [-0.2, -0.15) is 0 Å². The van der Waals surface area contributed by atoms with Crippen molar-refractivity contribution in [1.29, 1.82) is 0 Å². The molecule has 6 heteroatoms. The Bertz CT molecular complexity index is 801. The van der Waals surface area contributed by atoms with Crippen molar-refractivity contribution in [3.63, 3.8) is 0 Å². The van der Waals surface area contributed by atoms with E-state index in [1.54, 1.807) is 16.7 Å². The standard InChI is InChI=1S/C24H31ClN2O2S/c1-3-5-16-26-24(29)22(4-2)27(18-19-11-9-10-14-21(19)25)23(28)15-17-30-20-12-7-6-8-13-20/h6-14,22H,3-5,15-18H2,1-2H3,(H,26,29)/t22-/m1/s1. The molecule has 0 saturated heterocycles. The number of hydrogen-bond acceptors (Lipinski definition) is 3. The molecule has 0 spiro atoms. The van der Waals surface area contributed by atoms with Crippen LogP contribution in [0.3, 0.4) is 0 Å². The number of carbonyl (C=O) groups excluding carboxylic acids is 2. The van der Waals surface area contributed by atoms with E-state index >= 15 is 0 Å². The van der Waals surface area contributed by atoms with Gasteiger partial charge in [-0.3, -0.25) is 9.59 Å². The normalized spacial score (nSPS) is 11.7. The van der Waals surface area contributed by atoms with Crippen LogP contribution in [0.5, 0.6) is 0 Å². The van der Waals surface area contributed by atoms with Gasteiger partial charge in [-0.05, 0) is 36.6 Å². The molecule has 2 aromatic carbocycles. The average molecular weight is 447 g/mol. The van der Waals surface area contributed by atoms with E-state index in [-0.39, 0.29) is 11.8 Å². The summed E-state index contributed by atoms with van der Waals surface area (Å²) in [6.45, 7) is 4.98. The van der Waals surface area contributed by atoms with Gasteiger partial charge in [0.15, 0.2) is 0 Å². The molecule has 1 N–H and O–H groups in total. The maximum atomic E-state index is 13.2. The van der Waals surface area contributed by atoms with Gasteiger partial charge in [0.2, 0.25) is 11.8 Å². The Kier molecular flexibility index (Phi) is 10.8. The van der Waals surface area contributed by atoms with E-state index in [4.69, 9.17) is 11.6 Å². The van der Waals surface area contributed by atoms with Crippen LogP contribution < -0.4 is 5.32 Å². The SMILES string of the molecule is CCCCNC(=O)[C@@H](CC)N(Cc1ccccc1Cl)C(=O)CCSc1ccccc1. The van der Waals surface area contributed by atoms with Crippen LogP contribution >= 0.6 is 23.4 Å². The predicted molar refractivity (Wildman–Crippen MR) is 126 cm³/mol. The zero-order chi connectivity index (χ0) is 21.8. The van der Waals surface area contributed by atoms with Crippen molar-refractivity contribution in [2.24, 2.45) is 0 Å². The molecule has 0 unspecified atom stereocenters. The number of nitrogens with zero attached hydrogens (tertiary/aromatic N) is 1. The smallest absolute Gasteiger partial charge is 0.242 e. The monoisotopic (exact) mass is 446 g/mol. The Hall–Kier alpha value is -1.98. The molecule has 0 bridgehead atoms. The molecule has 0 radical (unpaired) electrons. The number of amides is 2. The van der Waals surface area contributed by atoms with Crippen molar-refractivity contribution in [3.05, 3.63) is 65.2 Å². The Balaban J connectivity index is 2.11. The van der Waals surface area contributed by atoms with Gasteiger partial charge in [0, 0.05) is 35.2 Å². The quantitative estimate of drug-likeness (QED) is 0.343. The number of rotatable bonds is 12. The average Bonchev–Trinajstić information content (AvgIpc) is 2.75. The first-order chi connectivity index (χ1) is 14.6. The minimum Gasteiger partial charge on any atom is -0.354 e. The summed E-state index contributed by atoms with van der Waals surface area (Å²) in [7, 11) is 0. The third-order valence-electron chi connectivity index (χ3n) is 4.84. The highest BCUT2D eigenvalue weighted by Gasteiger charge is 2.28. The van der Waals surface area contributed by atoms with E-state index < -0.39 is 6.04 Å². The minimum atomic E-state index is -0.507. The van der Waals surface area contributed by atoms with Gasteiger partial charge in [0.05, 0.1) is 0 Å². The van der Waals surface area contributed by atoms with Crippen molar-refractivity contribution in [2.75, 3.05) is 12.3 Å². The van der Waals surface area contributed by atoms with Crippen LogP contribution in [-0.4, -0.2) is 35.1 Å². The van der Waals surface area contributed by atoms with E-state index in [0.717, 1.165) is 23.3 Å². The second-order valence-corrected chi connectivity index (χ2v) is 8.67. The summed E-state index contributed by atoms with van der Waals surface area (Å²) in [5.41, 5.74) is 0.850. The molecule has 0 fully saturated rings. The first-order valence-corrected chi connectivity index (χ1v) is 11.9. The van der Waals surface area contributed by atoms with Crippen LogP contribution in [0.1, 0.15) is 45.1 Å². The lowest BCUT2D eigenvalue weighted by Crippen LogP contribution is -2.49. The van der Waals surface area contributed by atoms with E-state index in [1.807, 2.05) is 61.5 Å². The number of nitrogens with one attached hydrogen (secondary N) is 1. The van der Waals surface area contributed by atoms with Crippen molar-refractivity contribution in [2.45, 2.75) is 57.0 Å². The van der Waals surface area contributed by atoms with Gasteiger partial charge < -0.3 is 10.2 Å². The molecule has 0 heterocycles.